The van der Waals surface area contributed by atoms with Gasteiger partial charge in [-0.15, -0.1) is 0 Å². The van der Waals surface area contributed by atoms with Gasteiger partial charge < -0.3 is 14.2 Å². The Bertz CT molecular complexity index is 1330. The third-order valence-electron chi connectivity index (χ3n) is 4.82. The van der Waals surface area contributed by atoms with E-state index in [2.05, 4.69) is 37.5 Å². The standard InChI is InChI=1S/C25H21BrCl2N4O4/c1-15-24(26)20(13-34-2)19(10-29)25(31-15)36-14-23(33)32-30-11-16-5-3-4-6-22(16)35-12-17-7-8-18(27)9-21(17)28/h3-9,11H,12-14H2,1-2H3,(H,32,33). The number of nitriles is 1. The SMILES string of the molecule is COCc1c(Br)c(C)nc(OCC(=O)NN=Cc2ccccc2OCc2ccc(Cl)cc2Cl)c1C#N. The molecular weight excluding hydrogens is 571 g/mol. The summed E-state index contributed by atoms with van der Waals surface area (Å²) in [5, 5.41) is 14.6. The number of nitrogens with one attached hydrogen (secondary N) is 1. The van der Waals surface area contributed by atoms with Gasteiger partial charge in [-0.2, -0.15) is 10.4 Å². The Morgan fingerprint density at radius 1 is 1.22 bits per heavy atom. The number of rotatable bonds is 10. The Balaban J connectivity index is 1.61. The Labute approximate surface area is 226 Å². The van der Waals surface area contributed by atoms with E-state index in [1.54, 1.807) is 37.3 Å². The summed E-state index contributed by atoms with van der Waals surface area (Å²) < 4.78 is 17.2. The van der Waals surface area contributed by atoms with Crippen LogP contribution in [0.3, 0.4) is 0 Å². The van der Waals surface area contributed by atoms with Crippen molar-refractivity contribution in [2.75, 3.05) is 13.7 Å². The van der Waals surface area contributed by atoms with Crippen LogP contribution in [0.4, 0.5) is 0 Å². The molecule has 0 saturated carbocycles. The number of nitrogens with zero attached hydrogens (tertiary/aromatic N) is 3. The van der Waals surface area contributed by atoms with E-state index in [0.29, 0.717) is 37.1 Å². The number of hydrogen-bond donors (Lipinski definition) is 1. The summed E-state index contributed by atoms with van der Waals surface area (Å²) in [4.78, 5) is 16.5. The maximum Gasteiger partial charge on any atom is 0.278 e. The van der Waals surface area contributed by atoms with Crippen LogP contribution in [0, 0.1) is 18.3 Å². The molecule has 1 heterocycles. The number of para-hydroxylation sites is 1. The second kappa shape index (κ2) is 13.2. The zero-order valence-corrected chi connectivity index (χ0v) is 22.4. The van der Waals surface area contributed by atoms with E-state index >= 15 is 0 Å². The lowest BCUT2D eigenvalue weighted by Crippen LogP contribution is -2.25. The molecule has 0 atom stereocenters. The zero-order valence-electron chi connectivity index (χ0n) is 19.3. The van der Waals surface area contributed by atoms with E-state index in [9.17, 15) is 10.1 Å². The van der Waals surface area contributed by atoms with Crippen molar-refractivity contribution in [3.8, 4) is 17.7 Å². The average Bonchev–Trinajstić information content (AvgIpc) is 2.86. The van der Waals surface area contributed by atoms with Gasteiger partial charge in [-0.05, 0) is 47.1 Å². The number of pyridine rings is 1. The lowest BCUT2D eigenvalue weighted by Gasteiger charge is -2.13. The molecule has 186 valence electrons. The third kappa shape index (κ3) is 7.18. The van der Waals surface area contributed by atoms with Gasteiger partial charge in [-0.1, -0.05) is 41.4 Å². The van der Waals surface area contributed by atoms with Gasteiger partial charge in [0.1, 0.15) is 24.0 Å². The minimum Gasteiger partial charge on any atom is -0.488 e. The van der Waals surface area contributed by atoms with E-state index in [4.69, 9.17) is 37.4 Å². The topological polar surface area (TPSA) is 106 Å². The summed E-state index contributed by atoms with van der Waals surface area (Å²) in [6.45, 7) is 1.78. The number of hydrogen-bond acceptors (Lipinski definition) is 7. The van der Waals surface area contributed by atoms with Crippen molar-refractivity contribution < 1.29 is 19.0 Å². The number of halogens is 3. The van der Waals surface area contributed by atoms with Crippen LogP contribution < -0.4 is 14.9 Å². The maximum atomic E-state index is 12.3. The highest BCUT2D eigenvalue weighted by molar-refractivity contribution is 9.10. The number of hydrazone groups is 1. The highest BCUT2D eigenvalue weighted by Gasteiger charge is 2.18. The van der Waals surface area contributed by atoms with Crippen molar-refractivity contribution in [1.82, 2.24) is 10.4 Å². The second-order valence-electron chi connectivity index (χ2n) is 7.36. The van der Waals surface area contributed by atoms with E-state index in [-0.39, 0.29) is 31.3 Å². The molecule has 8 nitrogen and oxygen atoms in total. The molecule has 0 saturated heterocycles. The Morgan fingerprint density at radius 2 is 2.00 bits per heavy atom. The summed E-state index contributed by atoms with van der Waals surface area (Å²) in [5.74, 6) is 0.0674. The molecule has 11 heteroatoms. The van der Waals surface area contributed by atoms with E-state index in [1.807, 2.05) is 12.1 Å². The summed E-state index contributed by atoms with van der Waals surface area (Å²) in [6.07, 6.45) is 1.45. The van der Waals surface area contributed by atoms with Gasteiger partial charge in [0.05, 0.1) is 18.5 Å². The molecular formula is C25H21BrCl2N4O4. The Morgan fingerprint density at radius 3 is 2.72 bits per heavy atom. The second-order valence-corrected chi connectivity index (χ2v) is 9.00. The lowest BCUT2D eigenvalue weighted by molar-refractivity contribution is -0.123. The molecule has 36 heavy (non-hydrogen) atoms. The number of aromatic nitrogens is 1. The average molecular weight is 592 g/mol. The molecule has 0 aliphatic rings. The van der Waals surface area contributed by atoms with Crippen LogP contribution in [0.1, 0.15) is 27.9 Å². The summed E-state index contributed by atoms with van der Waals surface area (Å²) in [7, 11) is 1.52. The molecule has 0 unspecified atom stereocenters. The predicted molar refractivity (Wildman–Crippen MR) is 141 cm³/mol. The fraction of sp³-hybridized carbons (Fsp3) is 0.200. The fourth-order valence-corrected chi connectivity index (χ4v) is 3.93. The van der Waals surface area contributed by atoms with Crippen molar-refractivity contribution >= 4 is 51.3 Å². The van der Waals surface area contributed by atoms with Gasteiger partial charge in [0, 0.05) is 38.3 Å². The molecule has 1 aromatic heterocycles. The number of carbonyl (C=O) groups excluding carboxylic acids is 1. The largest absolute Gasteiger partial charge is 0.488 e. The normalized spacial score (nSPS) is 10.8. The van der Waals surface area contributed by atoms with Crippen molar-refractivity contribution in [2.24, 2.45) is 5.10 Å². The number of aryl methyl sites for hydroxylation is 1. The first kappa shape index (κ1) is 27.4. The molecule has 0 aliphatic heterocycles. The number of amides is 1. The van der Waals surface area contributed by atoms with E-state index < -0.39 is 5.91 Å². The van der Waals surface area contributed by atoms with Crippen LogP contribution in [0.25, 0.3) is 0 Å². The van der Waals surface area contributed by atoms with E-state index in [0.717, 1.165) is 5.56 Å². The summed E-state index contributed by atoms with van der Waals surface area (Å²) in [6, 6.07) is 14.4. The Hall–Kier alpha value is -3.16. The van der Waals surface area contributed by atoms with Crippen molar-refractivity contribution in [3.63, 3.8) is 0 Å². The van der Waals surface area contributed by atoms with Crippen molar-refractivity contribution in [3.05, 3.63) is 84.9 Å². The molecule has 1 amide bonds. The molecule has 0 bridgehead atoms. The molecule has 3 rings (SSSR count). The zero-order chi connectivity index (χ0) is 26.1. The molecule has 0 spiro atoms. The molecule has 2 aromatic carbocycles. The number of ether oxygens (including phenoxy) is 3. The predicted octanol–water partition coefficient (Wildman–Crippen LogP) is 5.59. The number of benzene rings is 2. The fourth-order valence-electron chi connectivity index (χ4n) is 3.07. The van der Waals surface area contributed by atoms with Gasteiger partial charge >= 0.3 is 0 Å². The molecule has 1 N–H and O–H groups in total. The van der Waals surface area contributed by atoms with Crippen LogP contribution in [-0.4, -0.2) is 30.8 Å². The summed E-state index contributed by atoms with van der Waals surface area (Å²) in [5.41, 5.74) is 5.20. The van der Waals surface area contributed by atoms with Gasteiger partial charge in [0.15, 0.2) is 6.61 Å². The number of carbonyl (C=O) groups is 1. The quantitative estimate of drug-likeness (QED) is 0.243. The number of methoxy groups -OCH3 is 1. The van der Waals surface area contributed by atoms with Gasteiger partial charge in [0.25, 0.3) is 5.91 Å². The molecule has 0 aliphatic carbocycles. The van der Waals surface area contributed by atoms with Crippen molar-refractivity contribution in [1.29, 1.82) is 5.26 Å². The minimum absolute atomic E-state index is 0.0454. The van der Waals surface area contributed by atoms with Gasteiger partial charge in [-0.3, -0.25) is 4.79 Å². The van der Waals surface area contributed by atoms with Crippen LogP contribution in [0.15, 0.2) is 52.0 Å². The van der Waals surface area contributed by atoms with Crippen LogP contribution in [-0.2, 0) is 22.7 Å². The summed E-state index contributed by atoms with van der Waals surface area (Å²) >= 11 is 15.6. The third-order valence-corrected chi connectivity index (χ3v) is 6.46. The first-order valence-corrected chi connectivity index (χ1v) is 12.1. The van der Waals surface area contributed by atoms with E-state index in [1.165, 1.54) is 13.3 Å². The first-order valence-electron chi connectivity index (χ1n) is 10.5. The minimum atomic E-state index is -0.530. The smallest absolute Gasteiger partial charge is 0.278 e. The maximum absolute atomic E-state index is 12.3. The molecule has 0 fully saturated rings. The van der Waals surface area contributed by atoms with Crippen LogP contribution in [0.2, 0.25) is 10.0 Å². The highest BCUT2D eigenvalue weighted by Crippen LogP contribution is 2.30. The van der Waals surface area contributed by atoms with Gasteiger partial charge in [-0.25, -0.2) is 10.4 Å². The Kier molecular flexibility index (Phi) is 10.1. The molecule has 0 radical (unpaired) electrons. The first-order chi connectivity index (χ1) is 17.3. The van der Waals surface area contributed by atoms with Gasteiger partial charge in [0.2, 0.25) is 5.88 Å². The molecule has 3 aromatic rings. The van der Waals surface area contributed by atoms with Crippen LogP contribution >= 0.6 is 39.1 Å². The van der Waals surface area contributed by atoms with Crippen LogP contribution in [0.5, 0.6) is 11.6 Å². The monoisotopic (exact) mass is 590 g/mol. The lowest BCUT2D eigenvalue weighted by atomic mass is 10.1. The highest BCUT2D eigenvalue weighted by atomic mass is 79.9. The van der Waals surface area contributed by atoms with Crippen molar-refractivity contribution in [2.45, 2.75) is 20.1 Å².